The van der Waals surface area contributed by atoms with Crippen molar-refractivity contribution >= 4 is 24.9 Å². The van der Waals surface area contributed by atoms with Gasteiger partial charge in [-0.05, 0) is 30.4 Å². The van der Waals surface area contributed by atoms with Gasteiger partial charge in [-0.3, -0.25) is 14.5 Å². The maximum atomic E-state index is 12.4. The van der Waals surface area contributed by atoms with Gasteiger partial charge in [-0.2, -0.15) is 0 Å². The third-order valence-electron chi connectivity index (χ3n) is 6.72. The van der Waals surface area contributed by atoms with Crippen LogP contribution in [0, 0.1) is 5.92 Å². The zero-order chi connectivity index (χ0) is 26.2. The predicted molar refractivity (Wildman–Crippen MR) is 126 cm³/mol. The molecule has 2 aliphatic rings. The minimum Gasteiger partial charge on any atom is -0.507 e. The Morgan fingerprint density at radius 3 is 2.43 bits per heavy atom. The number of aromatic hydroxyl groups is 1. The maximum absolute atomic E-state index is 12.4. The quantitative estimate of drug-likeness (QED) is 0.213. The monoisotopic (exact) mass is 492 g/mol. The number of carboxylic acids is 1. The van der Waals surface area contributed by atoms with E-state index in [9.17, 15) is 34.6 Å². The van der Waals surface area contributed by atoms with E-state index in [1.807, 2.05) is 4.90 Å². The van der Waals surface area contributed by atoms with Crippen molar-refractivity contribution in [1.29, 1.82) is 0 Å². The first-order valence-corrected chi connectivity index (χ1v) is 11.4. The number of likely N-dealkylation sites (N-methyl/N-ethyl adjacent to an activating group) is 1. The summed E-state index contributed by atoms with van der Waals surface area (Å²) in [7, 11) is 1.62. The summed E-state index contributed by atoms with van der Waals surface area (Å²) in [6.07, 6.45) is -0.376. The van der Waals surface area contributed by atoms with Crippen molar-refractivity contribution < 1.29 is 39.4 Å². The molecular formula is C22H33BN4O8. The maximum Gasteiger partial charge on any atom is 0.455 e. The van der Waals surface area contributed by atoms with Crippen LogP contribution in [0.5, 0.6) is 11.5 Å². The number of hydrogen-bond acceptors (Lipinski definition) is 9. The topological polar surface area (TPSA) is 186 Å². The lowest BCUT2D eigenvalue weighted by atomic mass is 9.80. The number of rotatable bonds is 10. The summed E-state index contributed by atoms with van der Waals surface area (Å²) < 4.78 is 5.82. The second-order valence-electron chi connectivity index (χ2n) is 9.88. The Bertz CT molecular complexity index is 996. The Morgan fingerprint density at radius 2 is 1.91 bits per heavy atom. The summed E-state index contributed by atoms with van der Waals surface area (Å²) in [5.74, 6) is -3.46. The van der Waals surface area contributed by atoms with E-state index in [1.54, 1.807) is 34.0 Å². The van der Waals surface area contributed by atoms with Crippen molar-refractivity contribution in [3.63, 3.8) is 0 Å². The Kier molecular flexibility index (Phi) is 7.65. The minimum atomic E-state index is -1.55. The van der Waals surface area contributed by atoms with Crippen molar-refractivity contribution in [2.75, 3.05) is 40.3 Å². The van der Waals surface area contributed by atoms with Crippen LogP contribution in [0.1, 0.15) is 35.7 Å². The fraction of sp³-hybridized carbons (Fsp3) is 0.591. The lowest BCUT2D eigenvalue weighted by molar-refractivity contribution is -0.133. The van der Waals surface area contributed by atoms with Crippen LogP contribution in [0.15, 0.2) is 12.1 Å². The molecule has 1 aromatic rings. The van der Waals surface area contributed by atoms with Crippen molar-refractivity contribution in [2.45, 2.75) is 37.2 Å². The first-order chi connectivity index (χ1) is 16.2. The Labute approximate surface area is 203 Å². The van der Waals surface area contributed by atoms with Gasteiger partial charge in [0, 0.05) is 39.5 Å². The van der Waals surface area contributed by atoms with Crippen molar-refractivity contribution in [3.05, 3.63) is 23.3 Å². The molecule has 0 radical (unpaired) electrons. The number of carbonyl (C=O) groups excluding carboxylic acids is 2. The minimum absolute atomic E-state index is 0.00764. The van der Waals surface area contributed by atoms with Crippen molar-refractivity contribution in [3.8, 4) is 11.5 Å². The molecule has 13 heteroatoms. The standard InChI is InChI=1S/C22H33BN4O8/c1-11-16(18(11)23(33)34)13-5-6-14(17(19(13)29)20(30)31)35-12-8-27(9-12)10-22(2,24)21(32)25-7-15(28)26(3)4/h5-6,11-12,16,18,29,33-34H,7-10,24H2,1-4H3,(H,25,32)(H,30,31)/t11-,16?,18?,22-/m0/s1. The molecule has 2 amide bonds. The van der Waals surface area contributed by atoms with Crippen LogP contribution in [-0.4, -0.2) is 107 Å². The molecular weight excluding hydrogens is 459 g/mol. The van der Waals surface area contributed by atoms with Crippen LogP contribution in [-0.2, 0) is 9.59 Å². The fourth-order valence-electron chi connectivity index (χ4n) is 4.56. The van der Waals surface area contributed by atoms with E-state index in [0.29, 0.717) is 18.7 Å². The molecule has 0 spiro atoms. The first-order valence-electron chi connectivity index (χ1n) is 11.4. The molecule has 7 N–H and O–H groups in total. The van der Waals surface area contributed by atoms with Gasteiger partial charge in [0.15, 0.2) is 0 Å². The van der Waals surface area contributed by atoms with Crippen LogP contribution < -0.4 is 15.8 Å². The Balaban J connectivity index is 1.59. The molecule has 4 atom stereocenters. The zero-order valence-electron chi connectivity index (χ0n) is 20.3. The average molecular weight is 492 g/mol. The molecule has 1 aliphatic carbocycles. The fourth-order valence-corrected chi connectivity index (χ4v) is 4.56. The van der Waals surface area contributed by atoms with E-state index in [0.717, 1.165) is 0 Å². The van der Waals surface area contributed by atoms with E-state index >= 15 is 0 Å². The average Bonchev–Trinajstić information content (AvgIpc) is 3.40. The summed E-state index contributed by atoms with van der Waals surface area (Å²) in [6, 6.07) is 3.02. The highest BCUT2D eigenvalue weighted by molar-refractivity contribution is 6.45. The molecule has 35 heavy (non-hydrogen) atoms. The number of nitrogens with zero attached hydrogens (tertiary/aromatic N) is 2. The molecule has 2 unspecified atom stereocenters. The Morgan fingerprint density at radius 1 is 1.29 bits per heavy atom. The highest BCUT2D eigenvalue weighted by Gasteiger charge is 2.55. The first kappa shape index (κ1) is 26.7. The second kappa shape index (κ2) is 10.0. The third-order valence-corrected chi connectivity index (χ3v) is 6.72. The van der Waals surface area contributed by atoms with Crippen LogP contribution in [0.2, 0.25) is 5.82 Å². The lowest BCUT2D eigenvalue weighted by Crippen LogP contribution is -2.64. The van der Waals surface area contributed by atoms with Crippen LogP contribution in [0.25, 0.3) is 0 Å². The molecule has 1 saturated carbocycles. The number of phenols is 1. The van der Waals surface area contributed by atoms with Crippen molar-refractivity contribution in [2.24, 2.45) is 11.7 Å². The van der Waals surface area contributed by atoms with Gasteiger partial charge in [-0.1, -0.05) is 13.0 Å². The van der Waals surface area contributed by atoms with Gasteiger partial charge in [0.25, 0.3) is 0 Å². The highest BCUT2D eigenvalue weighted by Crippen LogP contribution is 2.61. The van der Waals surface area contributed by atoms with Crippen molar-refractivity contribution in [1.82, 2.24) is 15.1 Å². The molecule has 1 aliphatic heterocycles. The summed E-state index contributed by atoms with van der Waals surface area (Å²) in [5, 5.41) is 41.8. The normalized spacial score (nSPS) is 23.6. The van der Waals surface area contributed by atoms with Gasteiger partial charge in [0.2, 0.25) is 11.8 Å². The number of carboxylic acid groups (broad SMARTS) is 1. The third kappa shape index (κ3) is 5.69. The molecule has 12 nitrogen and oxygen atoms in total. The van der Waals surface area contributed by atoms with Gasteiger partial charge in [0.05, 0.1) is 6.54 Å². The largest absolute Gasteiger partial charge is 0.507 e. The number of hydrogen-bond donors (Lipinski definition) is 6. The van der Waals surface area contributed by atoms with E-state index in [2.05, 4.69) is 5.32 Å². The number of nitrogens with one attached hydrogen (secondary N) is 1. The van der Waals surface area contributed by atoms with Gasteiger partial charge < -0.3 is 40.9 Å². The number of likely N-dealkylation sites (tertiary alicyclic amines) is 1. The smallest absolute Gasteiger partial charge is 0.455 e. The molecule has 192 valence electrons. The van der Waals surface area contributed by atoms with E-state index in [1.165, 1.54) is 11.0 Å². The molecule has 0 bridgehead atoms. The number of carbonyl (C=O) groups is 3. The molecule has 0 aromatic heterocycles. The number of ether oxygens (including phenoxy) is 1. The SMILES string of the molecule is C[C@@H]1C(B(O)O)C1c1ccc(OC2CN(C[C@](C)(N)C(=O)NCC(=O)N(C)C)C2)c(C(=O)O)c1O. The zero-order valence-corrected chi connectivity index (χ0v) is 20.3. The number of aromatic carboxylic acids is 1. The Hall–Kier alpha value is -2.87. The van der Waals surface area contributed by atoms with Gasteiger partial charge in [-0.25, -0.2) is 4.79 Å². The van der Waals surface area contributed by atoms with Gasteiger partial charge in [0.1, 0.15) is 28.7 Å². The number of amides is 2. The summed E-state index contributed by atoms with van der Waals surface area (Å²) >= 11 is 0. The van der Waals surface area contributed by atoms with Crippen LogP contribution in [0.4, 0.5) is 0 Å². The highest BCUT2D eigenvalue weighted by atomic mass is 16.5. The number of benzene rings is 1. The second-order valence-corrected chi connectivity index (χ2v) is 9.88. The molecule has 1 saturated heterocycles. The van der Waals surface area contributed by atoms with E-state index < -0.39 is 36.1 Å². The lowest BCUT2D eigenvalue weighted by Gasteiger charge is -2.42. The van der Waals surface area contributed by atoms with Gasteiger partial charge >= 0.3 is 13.1 Å². The molecule has 1 aromatic carbocycles. The van der Waals surface area contributed by atoms with Crippen LogP contribution in [0.3, 0.4) is 0 Å². The molecule has 2 fully saturated rings. The van der Waals surface area contributed by atoms with Gasteiger partial charge in [-0.15, -0.1) is 0 Å². The predicted octanol–water partition coefficient (Wildman–Crippen LogP) is -1.35. The van der Waals surface area contributed by atoms with Crippen LogP contribution >= 0.6 is 0 Å². The number of nitrogens with two attached hydrogens (primary N) is 1. The molecule has 1 heterocycles. The summed E-state index contributed by atoms with van der Waals surface area (Å²) in [4.78, 5) is 39.1. The molecule has 3 rings (SSSR count). The van der Waals surface area contributed by atoms with E-state index in [4.69, 9.17) is 10.5 Å². The summed E-state index contributed by atoms with van der Waals surface area (Å²) in [6.45, 7) is 4.18. The summed E-state index contributed by atoms with van der Waals surface area (Å²) in [5.41, 5.74) is 4.86. The van der Waals surface area contributed by atoms with E-state index in [-0.39, 0.29) is 48.2 Å².